The van der Waals surface area contributed by atoms with E-state index in [1.54, 1.807) is 12.1 Å². The Hall–Kier alpha value is -1.93. The van der Waals surface area contributed by atoms with Crippen LogP contribution in [0, 0.1) is 17.3 Å². The van der Waals surface area contributed by atoms with Crippen LogP contribution in [-0.2, 0) is 4.74 Å². The van der Waals surface area contributed by atoms with Gasteiger partial charge in [-0.2, -0.15) is 4.39 Å². The fourth-order valence-corrected chi connectivity index (χ4v) is 2.17. The molecule has 1 unspecified atom stereocenters. The molecule has 1 aromatic carbocycles. The SMILES string of the molecule is N=C(F)c1cc(C#CCCF)ccc1NC1CCCCO1. The first-order chi connectivity index (χ1) is 10.2. The Kier molecular flexibility index (Phi) is 5.70. The monoisotopic (exact) mass is 292 g/mol. The first-order valence-corrected chi connectivity index (χ1v) is 7.02. The third kappa shape index (κ3) is 4.54. The van der Waals surface area contributed by atoms with Crippen LogP contribution in [0.15, 0.2) is 18.2 Å². The average molecular weight is 292 g/mol. The Morgan fingerprint density at radius 1 is 1.43 bits per heavy atom. The molecule has 0 aromatic heterocycles. The molecule has 1 heterocycles. The Morgan fingerprint density at radius 2 is 2.29 bits per heavy atom. The van der Waals surface area contributed by atoms with Crippen molar-refractivity contribution >= 4 is 11.7 Å². The van der Waals surface area contributed by atoms with E-state index in [-0.39, 0.29) is 18.2 Å². The van der Waals surface area contributed by atoms with Crippen molar-refractivity contribution in [1.29, 1.82) is 5.41 Å². The molecule has 0 spiro atoms. The van der Waals surface area contributed by atoms with E-state index in [1.165, 1.54) is 6.07 Å². The lowest BCUT2D eigenvalue weighted by Crippen LogP contribution is -2.27. The Morgan fingerprint density at radius 3 is 2.95 bits per heavy atom. The summed E-state index contributed by atoms with van der Waals surface area (Å²) in [6.45, 7) is 0.185. The van der Waals surface area contributed by atoms with Crippen molar-refractivity contribution in [2.45, 2.75) is 31.9 Å². The molecule has 3 nitrogen and oxygen atoms in total. The number of anilines is 1. The molecule has 5 heteroatoms. The highest BCUT2D eigenvalue weighted by atomic mass is 19.1. The van der Waals surface area contributed by atoms with Gasteiger partial charge in [0.05, 0.1) is 5.56 Å². The molecule has 2 rings (SSSR count). The lowest BCUT2D eigenvalue weighted by molar-refractivity contribution is 0.0343. The van der Waals surface area contributed by atoms with Gasteiger partial charge in [0.15, 0.2) is 0 Å². The minimum Gasteiger partial charge on any atom is -0.360 e. The van der Waals surface area contributed by atoms with E-state index in [4.69, 9.17) is 10.1 Å². The highest BCUT2D eigenvalue weighted by molar-refractivity contribution is 5.97. The molecular weight excluding hydrogens is 274 g/mol. The van der Waals surface area contributed by atoms with E-state index < -0.39 is 12.6 Å². The van der Waals surface area contributed by atoms with Gasteiger partial charge in [0.1, 0.15) is 12.9 Å². The summed E-state index contributed by atoms with van der Waals surface area (Å²) in [4.78, 5) is 0. The fraction of sp³-hybridized carbons (Fsp3) is 0.438. The predicted octanol–water partition coefficient (Wildman–Crippen LogP) is 3.63. The average Bonchev–Trinajstić information content (AvgIpc) is 2.50. The molecule has 0 bridgehead atoms. The van der Waals surface area contributed by atoms with Gasteiger partial charge in [-0.25, -0.2) is 0 Å². The number of alkyl halides is 1. The fourth-order valence-electron chi connectivity index (χ4n) is 2.17. The third-order valence-corrected chi connectivity index (χ3v) is 3.20. The summed E-state index contributed by atoms with van der Waals surface area (Å²) in [7, 11) is 0. The zero-order chi connectivity index (χ0) is 15.1. The van der Waals surface area contributed by atoms with E-state index in [0.717, 1.165) is 19.3 Å². The van der Waals surface area contributed by atoms with Crippen LogP contribution in [0.4, 0.5) is 14.5 Å². The molecule has 0 radical (unpaired) electrons. The molecule has 1 fully saturated rings. The lowest BCUT2D eigenvalue weighted by Gasteiger charge is -2.25. The van der Waals surface area contributed by atoms with E-state index >= 15 is 0 Å². The maximum absolute atomic E-state index is 13.4. The summed E-state index contributed by atoms with van der Waals surface area (Å²) in [5.74, 6) is 4.39. The first-order valence-electron chi connectivity index (χ1n) is 7.02. The zero-order valence-corrected chi connectivity index (χ0v) is 11.7. The van der Waals surface area contributed by atoms with Gasteiger partial charge in [0, 0.05) is 24.3 Å². The summed E-state index contributed by atoms with van der Waals surface area (Å²) in [5, 5.41) is 10.4. The van der Waals surface area contributed by atoms with Crippen LogP contribution < -0.4 is 5.32 Å². The minimum absolute atomic E-state index is 0.149. The molecule has 1 atom stereocenters. The first kappa shape index (κ1) is 15.5. The van der Waals surface area contributed by atoms with Crippen LogP contribution in [0.3, 0.4) is 0 Å². The number of ether oxygens (including phenoxy) is 1. The molecule has 1 saturated heterocycles. The van der Waals surface area contributed by atoms with Crippen LogP contribution in [-0.4, -0.2) is 25.5 Å². The van der Waals surface area contributed by atoms with Crippen molar-refractivity contribution in [3.8, 4) is 11.8 Å². The maximum atomic E-state index is 13.4. The van der Waals surface area contributed by atoms with Crippen molar-refractivity contribution in [2.24, 2.45) is 0 Å². The van der Waals surface area contributed by atoms with Crippen LogP contribution in [0.2, 0.25) is 0 Å². The van der Waals surface area contributed by atoms with E-state index in [1.807, 2.05) is 0 Å². The number of halogens is 2. The summed E-state index contributed by atoms with van der Waals surface area (Å²) in [5.41, 5.74) is 1.23. The molecular formula is C16H18F2N2O. The standard InChI is InChI=1S/C16H18F2N2O/c17-9-3-1-5-12-7-8-14(13(11-12)16(18)19)20-15-6-2-4-10-21-15/h7-8,11,15,19-20H,2-4,6,9-10H2. The smallest absolute Gasteiger partial charge is 0.214 e. The lowest BCUT2D eigenvalue weighted by atomic mass is 10.1. The number of nitrogens with one attached hydrogen (secondary N) is 2. The van der Waals surface area contributed by atoms with E-state index in [0.29, 0.717) is 17.9 Å². The largest absolute Gasteiger partial charge is 0.360 e. The van der Waals surface area contributed by atoms with Crippen LogP contribution >= 0.6 is 0 Å². The van der Waals surface area contributed by atoms with Crippen LogP contribution in [0.5, 0.6) is 0 Å². The molecule has 0 aliphatic carbocycles. The summed E-state index contributed by atoms with van der Waals surface area (Å²) in [6.07, 6.45) is 2.95. The number of benzene rings is 1. The minimum atomic E-state index is -1.03. The summed E-state index contributed by atoms with van der Waals surface area (Å²) >= 11 is 0. The number of hydrogen-bond acceptors (Lipinski definition) is 3. The zero-order valence-electron chi connectivity index (χ0n) is 11.7. The van der Waals surface area contributed by atoms with Crippen molar-refractivity contribution < 1.29 is 13.5 Å². The Balaban J connectivity index is 2.17. The normalized spacial score (nSPS) is 17.7. The molecule has 0 saturated carbocycles. The second-order valence-corrected chi connectivity index (χ2v) is 4.81. The molecule has 2 N–H and O–H groups in total. The second kappa shape index (κ2) is 7.75. The third-order valence-electron chi connectivity index (χ3n) is 3.20. The topological polar surface area (TPSA) is 45.1 Å². The van der Waals surface area contributed by atoms with Gasteiger partial charge in [-0.3, -0.25) is 9.80 Å². The highest BCUT2D eigenvalue weighted by Gasteiger charge is 2.16. The highest BCUT2D eigenvalue weighted by Crippen LogP contribution is 2.22. The second-order valence-electron chi connectivity index (χ2n) is 4.81. The Bertz CT molecular complexity index is 557. The van der Waals surface area contributed by atoms with Gasteiger partial charge < -0.3 is 10.1 Å². The van der Waals surface area contributed by atoms with Gasteiger partial charge in [0.2, 0.25) is 5.97 Å². The maximum Gasteiger partial charge on any atom is 0.214 e. The quantitative estimate of drug-likeness (QED) is 0.657. The molecule has 112 valence electrons. The summed E-state index contributed by atoms with van der Waals surface area (Å²) in [6, 6.07) is 4.91. The van der Waals surface area contributed by atoms with E-state index in [2.05, 4.69) is 17.2 Å². The van der Waals surface area contributed by atoms with Gasteiger partial charge in [-0.1, -0.05) is 11.8 Å². The van der Waals surface area contributed by atoms with Crippen LogP contribution in [0.1, 0.15) is 36.8 Å². The number of hydrogen-bond donors (Lipinski definition) is 2. The van der Waals surface area contributed by atoms with Crippen molar-refractivity contribution in [3.63, 3.8) is 0 Å². The van der Waals surface area contributed by atoms with Gasteiger partial charge in [0.25, 0.3) is 0 Å². The number of rotatable bonds is 4. The molecule has 1 aromatic rings. The van der Waals surface area contributed by atoms with Gasteiger partial charge in [-0.15, -0.1) is 0 Å². The van der Waals surface area contributed by atoms with Crippen molar-refractivity contribution in [1.82, 2.24) is 0 Å². The molecule has 1 aliphatic heterocycles. The van der Waals surface area contributed by atoms with Gasteiger partial charge >= 0.3 is 0 Å². The van der Waals surface area contributed by atoms with Crippen molar-refractivity contribution in [3.05, 3.63) is 29.3 Å². The van der Waals surface area contributed by atoms with Crippen LogP contribution in [0.25, 0.3) is 0 Å². The summed E-state index contributed by atoms with van der Waals surface area (Å²) < 4.78 is 31.0. The van der Waals surface area contributed by atoms with E-state index in [9.17, 15) is 8.78 Å². The molecule has 0 amide bonds. The predicted molar refractivity (Wildman–Crippen MR) is 79.1 cm³/mol. The molecule has 1 aliphatic rings. The van der Waals surface area contributed by atoms with Crippen molar-refractivity contribution in [2.75, 3.05) is 18.6 Å². The molecule has 21 heavy (non-hydrogen) atoms. The Labute approximate surface area is 123 Å². The van der Waals surface area contributed by atoms with Gasteiger partial charge in [-0.05, 0) is 37.5 Å².